The molecule has 0 saturated carbocycles. The maximum absolute atomic E-state index is 15.3. The summed E-state index contributed by atoms with van der Waals surface area (Å²) in [5.74, 6) is 1.52. The van der Waals surface area contributed by atoms with Gasteiger partial charge in [0.2, 0.25) is 17.7 Å². The van der Waals surface area contributed by atoms with Crippen molar-refractivity contribution in [1.82, 2.24) is 25.1 Å². The summed E-state index contributed by atoms with van der Waals surface area (Å²) in [6.45, 7) is 4.57. The van der Waals surface area contributed by atoms with Crippen LogP contribution in [-0.4, -0.2) is 58.2 Å². The van der Waals surface area contributed by atoms with Crippen LogP contribution in [0.1, 0.15) is 12.8 Å². The van der Waals surface area contributed by atoms with E-state index in [1.807, 2.05) is 32.0 Å². The van der Waals surface area contributed by atoms with E-state index in [4.69, 9.17) is 13.9 Å². The Bertz CT molecular complexity index is 1790. The number of rotatable bonds is 11. The summed E-state index contributed by atoms with van der Waals surface area (Å²) < 4.78 is 32.4. The first-order chi connectivity index (χ1) is 20.8. The number of aromatic nitrogens is 4. The number of benzene rings is 3. The summed E-state index contributed by atoms with van der Waals surface area (Å²) in [6.07, 6.45) is 4.59. The summed E-state index contributed by atoms with van der Waals surface area (Å²) in [6, 6.07) is 14.9. The molecule has 5 rings (SSSR count). The fraction of sp³-hybridized carbons (Fsp3) is 0.194. The Hall–Kier alpha value is -5.36. The highest BCUT2D eigenvalue weighted by Gasteiger charge is 2.15. The van der Waals surface area contributed by atoms with Crippen molar-refractivity contribution in [3.63, 3.8) is 0 Å². The van der Waals surface area contributed by atoms with Crippen molar-refractivity contribution in [3.8, 4) is 28.7 Å². The third-order valence-electron chi connectivity index (χ3n) is 6.07. The van der Waals surface area contributed by atoms with Gasteiger partial charge in [0.05, 0.1) is 23.5 Å². The molecule has 5 aromatic rings. The highest BCUT2D eigenvalue weighted by atomic mass is 19.1. The van der Waals surface area contributed by atoms with Crippen molar-refractivity contribution in [1.29, 1.82) is 0 Å². The van der Waals surface area contributed by atoms with E-state index >= 15 is 4.39 Å². The fourth-order valence-electron chi connectivity index (χ4n) is 4.13. The highest BCUT2D eigenvalue weighted by molar-refractivity contribution is 6.03. The Morgan fingerprint density at radius 1 is 1.05 bits per heavy atom. The maximum Gasteiger partial charge on any atom is 0.248 e. The molecule has 11 nitrogen and oxygen atoms in total. The molecule has 0 unspecified atom stereocenters. The summed E-state index contributed by atoms with van der Waals surface area (Å²) >= 11 is 0. The van der Waals surface area contributed by atoms with Crippen LogP contribution in [0, 0.1) is 12.7 Å². The second-order valence-electron chi connectivity index (χ2n) is 9.70. The van der Waals surface area contributed by atoms with Crippen molar-refractivity contribution in [2.45, 2.75) is 13.8 Å². The number of ether oxygens (including phenoxy) is 2. The molecule has 43 heavy (non-hydrogen) atoms. The molecule has 0 aliphatic carbocycles. The molecule has 0 radical (unpaired) electrons. The molecule has 0 spiro atoms. The molecular weight excluding hydrogens is 553 g/mol. The number of hydrogen-bond donors (Lipinski definition) is 2. The average molecular weight is 584 g/mol. The minimum atomic E-state index is -0.557. The molecule has 0 fully saturated rings. The Balaban J connectivity index is 1.37. The van der Waals surface area contributed by atoms with Gasteiger partial charge >= 0.3 is 0 Å². The Morgan fingerprint density at radius 3 is 2.63 bits per heavy atom. The number of carbonyl (C=O) groups excluding carboxylic acids is 1. The van der Waals surface area contributed by atoms with Gasteiger partial charge in [-0.15, -0.1) is 10.2 Å². The van der Waals surface area contributed by atoms with E-state index in [0.29, 0.717) is 70.2 Å². The van der Waals surface area contributed by atoms with Crippen LogP contribution in [0.15, 0.2) is 77.5 Å². The molecule has 0 saturated heterocycles. The van der Waals surface area contributed by atoms with Crippen LogP contribution in [0.4, 0.5) is 21.6 Å². The number of fused-ring (bicyclic) bond motifs is 1. The van der Waals surface area contributed by atoms with Crippen molar-refractivity contribution in [3.05, 3.63) is 84.8 Å². The van der Waals surface area contributed by atoms with E-state index in [2.05, 4.69) is 30.8 Å². The number of aryl methyl sites for hydroxylation is 1. The van der Waals surface area contributed by atoms with Crippen LogP contribution < -0.4 is 20.1 Å². The van der Waals surface area contributed by atoms with E-state index in [0.717, 1.165) is 0 Å². The van der Waals surface area contributed by atoms with Crippen molar-refractivity contribution in [2.75, 3.05) is 37.9 Å². The monoisotopic (exact) mass is 583 g/mol. The van der Waals surface area contributed by atoms with Crippen LogP contribution in [0.2, 0.25) is 0 Å². The average Bonchev–Trinajstić information content (AvgIpc) is 3.41. The minimum absolute atomic E-state index is 0.175. The molecule has 2 N–H and O–H groups in total. The normalized spacial score (nSPS) is 11.3. The van der Waals surface area contributed by atoms with Gasteiger partial charge in [0.1, 0.15) is 35.2 Å². The first-order valence-corrected chi connectivity index (χ1v) is 13.5. The molecule has 0 aliphatic rings. The molecular formula is C31H30FN7O4. The first kappa shape index (κ1) is 29.1. The summed E-state index contributed by atoms with van der Waals surface area (Å²) in [5.41, 5.74) is 1.85. The molecule has 12 heteroatoms. The van der Waals surface area contributed by atoms with Gasteiger partial charge in [0.25, 0.3) is 0 Å². The third-order valence-corrected chi connectivity index (χ3v) is 6.07. The molecule has 3 aromatic carbocycles. The van der Waals surface area contributed by atoms with Gasteiger partial charge in [0, 0.05) is 42.6 Å². The molecule has 220 valence electrons. The van der Waals surface area contributed by atoms with E-state index < -0.39 is 5.82 Å². The largest absolute Gasteiger partial charge is 0.492 e. The molecule has 0 atom stereocenters. The van der Waals surface area contributed by atoms with Gasteiger partial charge < -0.3 is 29.4 Å². The topological polar surface area (TPSA) is 128 Å². The van der Waals surface area contributed by atoms with Crippen molar-refractivity contribution >= 4 is 34.0 Å². The van der Waals surface area contributed by atoms with Crippen LogP contribution in [0.5, 0.6) is 17.2 Å². The van der Waals surface area contributed by atoms with Gasteiger partial charge in [-0.25, -0.2) is 14.4 Å². The number of likely N-dealkylation sites (N-methyl/N-ethyl adjacent to an activating group) is 1. The predicted molar refractivity (Wildman–Crippen MR) is 161 cm³/mol. The second-order valence-corrected chi connectivity index (χ2v) is 9.70. The van der Waals surface area contributed by atoms with Crippen molar-refractivity contribution < 1.29 is 23.1 Å². The molecule has 1 amide bonds. The van der Waals surface area contributed by atoms with Crippen LogP contribution in [-0.2, 0) is 4.79 Å². The Labute approximate surface area is 247 Å². The summed E-state index contributed by atoms with van der Waals surface area (Å²) in [4.78, 5) is 23.2. The Kier molecular flexibility index (Phi) is 8.87. The predicted octanol–water partition coefficient (Wildman–Crippen LogP) is 6.12. The first-order valence-electron chi connectivity index (χ1n) is 13.5. The zero-order valence-corrected chi connectivity index (χ0v) is 24.1. The maximum atomic E-state index is 15.3. The standard InChI is InChI=1S/C31H30FN7O4/c1-5-41-28-17-26-23(16-27(28)35-29(40)10-7-13-39(3)4)30(34-18-33-26)36-25-12-11-22(15-24(25)32)43-21-9-6-8-20(14-21)31-38-37-19(2)42-31/h6-12,14-18H,5,13H2,1-4H3,(H,35,40)(H,33,34,36)/b10-7+. The third kappa shape index (κ3) is 7.29. The van der Waals surface area contributed by atoms with Gasteiger partial charge in [-0.3, -0.25) is 4.79 Å². The fourth-order valence-corrected chi connectivity index (χ4v) is 4.13. The number of nitrogens with zero attached hydrogens (tertiary/aromatic N) is 5. The lowest BCUT2D eigenvalue weighted by molar-refractivity contribution is -0.111. The van der Waals surface area contributed by atoms with Crippen molar-refractivity contribution in [2.24, 2.45) is 0 Å². The minimum Gasteiger partial charge on any atom is -0.492 e. The zero-order chi connectivity index (χ0) is 30.3. The highest BCUT2D eigenvalue weighted by Crippen LogP contribution is 2.35. The lowest BCUT2D eigenvalue weighted by Crippen LogP contribution is -2.13. The lowest BCUT2D eigenvalue weighted by atomic mass is 10.1. The number of amides is 1. The number of hydrogen-bond acceptors (Lipinski definition) is 10. The molecule has 0 bridgehead atoms. The van der Waals surface area contributed by atoms with Gasteiger partial charge in [-0.05, 0) is 57.4 Å². The van der Waals surface area contributed by atoms with Gasteiger partial charge in [-0.2, -0.15) is 0 Å². The van der Waals surface area contributed by atoms with Gasteiger partial charge in [-0.1, -0.05) is 12.1 Å². The molecule has 2 aromatic heterocycles. The molecule has 0 aliphatic heterocycles. The van der Waals surface area contributed by atoms with E-state index in [1.54, 1.807) is 55.5 Å². The van der Waals surface area contributed by atoms with E-state index in [9.17, 15) is 4.79 Å². The number of anilines is 3. The zero-order valence-electron chi connectivity index (χ0n) is 24.1. The quantitative estimate of drug-likeness (QED) is 0.176. The summed E-state index contributed by atoms with van der Waals surface area (Å²) in [7, 11) is 3.82. The van der Waals surface area contributed by atoms with Crippen LogP contribution in [0.3, 0.4) is 0 Å². The van der Waals surface area contributed by atoms with Crippen LogP contribution >= 0.6 is 0 Å². The van der Waals surface area contributed by atoms with Gasteiger partial charge in [0.15, 0.2) is 0 Å². The molecule has 2 heterocycles. The number of nitrogens with one attached hydrogen (secondary N) is 2. The second kappa shape index (κ2) is 13.1. The van der Waals surface area contributed by atoms with E-state index in [-0.39, 0.29) is 11.6 Å². The summed E-state index contributed by atoms with van der Waals surface area (Å²) in [5, 5.41) is 14.3. The SMILES string of the molecule is CCOc1cc2ncnc(Nc3ccc(Oc4cccc(-c5nnc(C)o5)c4)cc3F)c2cc1NC(=O)/C=C/CN(C)C. The van der Waals surface area contributed by atoms with Crippen LogP contribution in [0.25, 0.3) is 22.4 Å². The smallest absolute Gasteiger partial charge is 0.248 e. The number of halogens is 1. The van der Waals surface area contributed by atoms with E-state index in [1.165, 1.54) is 18.5 Å². The number of carbonyl (C=O) groups is 1. The Morgan fingerprint density at radius 2 is 1.88 bits per heavy atom. The lowest BCUT2D eigenvalue weighted by Gasteiger charge is -2.15.